The Morgan fingerprint density at radius 2 is 0.911 bits per heavy atom. The van der Waals surface area contributed by atoms with E-state index in [0.717, 1.165) is 11.1 Å². The number of carbonyl (C=O) groups is 2. The molecule has 22 nitrogen and oxygen atoms in total. The minimum absolute atomic E-state index is 0. The number of nitrogen functional groups attached to an aromatic ring is 1. The molecule has 3 heterocycles. The van der Waals surface area contributed by atoms with Crippen LogP contribution in [0.2, 0.25) is 0 Å². The van der Waals surface area contributed by atoms with Gasteiger partial charge in [0.1, 0.15) is 34.4 Å². The Kier molecular flexibility index (Phi) is 23.6. The number of sulfonamides is 3. The molecule has 2 amide bonds. The molecule has 0 bridgehead atoms. The highest BCUT2D eigenvalue weighted by Gasteiger charge is 2.31. The fourth-order valence-electron chi connectivity index (χ4n) is 6.86. The van der Waals surface area contributed by atoms with Crippen molar-refractivity contribution in [2.45, 2.75) is 107 Å². The Balaban J connectivity index is 0.000000349. The predicted molar refractivity (Wildman–Crippen MR) is 311 cm³/mol. The lowest BCUT2D eigenvalue weighted by atomic mass is 9.98. The average Bonchev–Trinajstić information content (AvgIpc) is 3.23. The zero-order chi connectivity index (χ0) is 59.6. The molecule has 0 fully saturated rings. The van der Waals surface area contributed by atoms with Crippen molar-refractivity contribution in [3.8, 4) is 23.0 Å². The van der Waals surface area contributed by atoms with Crippen LogP contribution in [0.25, 0.3) is 0 Å². The highest BCUT2D eigenvalue weighted by Crippen LogP contribution is 2.33. The first-order valence-corrected chi connectivity index (χ1v) is 31.3. The van der Waals surface area contributed by atoms with Gasteiger partial charge in [0.25, 0.3) is 41.1 Å². The molecular formula is C52H77ClN8O14S4. The second-order valence-corrected chi connectivity index (χ2v) is 30.4. The highest BCUT2D eigenvalue weighted by atomic mass is 35.7. The number of amidine groups is 1. The van der Waals surface area contributed by atoms with Crippen LogP contribution in [0, 0.1) is 21.7 Å². The van der Waals surface area contributed by atoms with Crippen LogP contribution < -0.4 is 52.2 Å². The van der Waals surface area contributed by atoms with E-state index in [1.165, 1.54) is 0 Å². The lowest BCUT2D eigenvalue weighted by molar-refractivity contribution is 0.0967. The molecule has 0 aliphatic carbocycles. The maximum Gasteiger partial charge on any atom is 0.294 e. The standard InChI is InChI=1S/C14H19NO3S.C13H18N2O3S.C13H17NO4S.C12H18N2O2.ClH2NO2S.H3N/c1-10-13-11(8-19(16,17)15-10)6-5-7-12(13)18-9-14(2,3)4;1-13(2,3)8-18-10-6-4-5-9-7-19(16,17)15-12(14)11(9)10;1-13(2,3)8-18-10-6-4-5-9-7-19(16,17)14-12(15)11(9)10;1-12(2,3)7-16-9-6-4-5-8(13)10(9)11(14)15;1-5(2,3)4;/h5-7H,8-9H2,1-4H3;4-6H,7-8H2,1-3H3,(H2,14,15);4-6H,7-8H2,1-3H3,(H,14,15);4-6H,7,13H2,1-3H3,(H2,14,15);(H2,2,3,4);1H3. The van der Waals surface area contributed by atoms with E-state index in [9.17, 15) is 43.3 Å². The number of anilines is 1. The van der Waals surface area contributed by atoms with Gasteiger partial charge in [0.15, 0.2) is 0 Å². The van der Waals surface area contributed by atoms with Crippen molar-refractivity contribution in [1.29, 1.82) is 0 Å². The topological polar surface area (TPSA) is 383 Å². The minimum atomic E-state index is -3.69. The first-order valence-electron chi connectivity index (χ1n) is 24.1. The molecule has 27 heteroatoms. The monoisotopic (exact) mass is 1200 g/mol. The number of ether oxygens (including phenoxy) is 4. The van der Waals surface area contributed by atoms with Gasteiger partial charge in [-0.1, -0.05) is 126 Å². The number of fused-ring (bicyclic) bond motifs is 3. The summed E-state index contributed by atoms with van der Waals surface area (Å²) in [6, 6.07) is 20.9. The van der Waals surface area contributed by atoms with E-state index in [4.69, 9.17) is 36.1 Å². The third-order valence-electron chi connectivity index (χ3n) is 9.91. The molecular weight excluding hydrogens is 1120 g/mol. The van der Waals surface area contributed by atoms with E-state index in [2.05, 4.69) is 66.2 Å². The summed E-state index contributed by atoms with van der Waals surface area (Å²) in [4.78, 5) is 23.1. The maximum absolute atomic E-state index is 11.9. The van der Waals surface area contributed by atoms with Crippen molar-refractivity contribution in [1.82, 2.24) is 10.9 Å². The molecule has 0 atom stereocenters. The first-order chi connectivity index (χ1) is 35.3. The van der Waals surface area contributed by atoms with Crippen LogP contribution in [-0.4, -0.2) is 83.5 Å². The number of amides is 2. The zero-order valence-corrected chi connectivity index (χ0v) is 51.0. The van der Waals surface area contributed by atoms with Crippen LogP contribution >= 0.6 is 10.7 Å². The molecule has 7 rings (SSSR count). The number of primary amides is 1. The van der Waals surface area contributed by atoms with Gasteiger partial charge in [-0.3, -0.25) is 9.59 Å². The second-order valence-electron chi connectivity index (χ2n) is 23.1. The molecule has 0 aromatic heterocycles. The van der Waals surface area contributed by atoms with E-state index in [0.29, 0.717) is 83.1 Å². The van der Waals surface area contributed by atoms with Gasteiger partial charge < -0.3 is 42.3 Å². The summed E-state index contributed by atoms with van der Waals surface area (Å²) in [5.41, 5.74) is 21.5. The molecule has 440 valence electrons. The summed E-state index contributed by atoms with van der Waals surface area (Å²) in [6.07, 6.45) is 0. The normalized spacial score (nSPS) is 15.7. The van der Waals surface area contributed by atoms with E-state index < -0.39 is 51.1 Å². The number of nitrogens with two attached hydrogens (primary N) is 4. The molecule has 79 heavy (non-hydrogen) atoms. The first kappa shape index (κ1) is 69.1. The quantitative estimate of drug-likeness (QED) is 0.0698. The van der Waals surface area contributed by atoms with Crippen molar-refractivity contribution in [3.63, 3.8) is 0 Å². The third-order valence-corrected chi connectivity index (χ3v) is 13.5. The Bertz CT molecular complexity index is 3230. The Labute approximate surface area is 470 Å². The molecule has 4 aromatic rings. The summed E-state index contributed by atoms with van der Waals surface area (Å²) < 4.78 is 120. The van der Waals surface area contributed by atoms with Crippen LogP contribution in [0.5, 0.6) is 23.0 Å². The number of carbonyl (C=O) groups excluding carboxylic acids is 2. The third kappa shape index (κ3) is 24.5. The van der Waals surface area contributed by atoms with Crippen molar-refractivity contribution >= 4 is 79.0 Å². The van der Waals surface area contributed by atoms with Crippen molar-refractivity contribution < 1.29 is 62.2 Å². The van der Waals surface area contributed by atoms with Gasteiger partial charge in [0, 0.05) is 21.9 Å². The summed E-state index contributed by atoms with van der Waals surface area (Å²) in [5.74, 6) is 0.621. The molecule has 0 spiro atoms. The van der Waals surface area contributed by atoms with Gasteiger partial charge in [-0.2, -0.15) is 12.8 Å². The van der Waals surface area contributed by atoms with Crippen LogP contribution in [0.3, 0.4) is 0 Å². The van der Waals surface area contributed by atoms with E-state index >= 15 is 0 Å². The summed E-state index contributed by atoms with van der Waals surface area (Å²) >= 11 is 0. The van der Waals surface area contributed by atoms with Crippen LogP contribution in [-0.2, 0) is 56.6 Å². The SMILES string of the molecule is CC(C)(C)COc1cccc(N)c1C(N)=O.CC(C)(C)COc1cccc2c1C(=O)NS(=O)(=O)C2.CC(C)(C)COc1cccc2c1C(N)=NS(=O)(=O)C2.CC1=NS(=O)(=O)Cc2cccc(OCC(C)(C)C)c21.N.NS(=O)(=O)Cl. The van der Waals surface area contributed by atoms with Gasteiger partial charge in [-0.25, -0.2) is 35.1 Å². The number of benzene rings is 4. The number of halogens is 1. The number of nitrogens with one attached hydrogen (secondary N) is 1. The summed E-state index contributed by atoms with van der Waals surface area (Å²) in [7, 11) is -9.85. The van der Waals surface area contributed by atoms with Gasteiger partial charge in [-0.15, -0.1) is 4.40 Å². The lowest BCUT2D eigenvalue weighted by Crippen LogP contribution is -2.37. The molecule has 0 saturated heterocycles. The summed E-state index contributed by atoms with van der Waals surface area (Å²) in [5, 5.41) is 4.09. The van der Waals surface area contributed by atoms with E-state index in [-0.39, 0.29) is 56.5 Å². The van der Waals surface area contributed by atoms with E-state index in [1.54, 1.807) is 61.5 Å². The fraction of sp³-hybridized carbons (Fsp3) is 0.462. The van der Waals surface area contributed by atoms with Crippen molar-refractivity contribution in [3.05, 3.63) is 112 Å². The predicted octanol–water partition coefficient (Wildman–Crippen LogP) is 7.49. The largest absolute Gasteiger partial charge is 0.492 e. The van der Waals surface area contributed by atoms with Gasteiger partial charge in [-0.05, 0) is 75.6 Å². The van der Waals surface area contributed by atoms with Gasteiger partial charge >= 0.3 is 0 Å². The zero-order valence-electron chi connectivity index (χ0n) is 47.0. The second kappa shape index (κ2) is 27.0. The average molecular weight is 1200 g/mol. The van der Waals surface area contributed by atoms with Crippen LogP contribution in [0.1, 0.15) is 139 Å². The number of hydrogen-bond acceptors (Lipinski definition) is 17. The number of rotatable bonds is 9. The van der Waals surface area contributed by atoms with Crippen molar-refractivity contribution in [2.75, 3.05) is 32.2 Å². The van der Waals surface area contributed by atoms with Crippen LogP contribution in [0.15, 0.2) is 81.6 Å². The lowest BCUT2D eigenvalue weighted by Gasteiger charge is -2.23. The fourth-order valence-corrected chi connectivity index (χ4v) is 10.3. The molecule has 0 saturated carbocycles. The minimum Gasteiger partial charge on any atom is -0.492 e. The molecule has 3 aliphatic heterocycles. The Morgan fingerprint density at radius 3 is 1.32 bits per heavy atom. The van der Waals surface area contributed by atoms with Crippen LogP contribution in [0.4, 0.5) is 5.69 Å². The highest BCUT2D eigenvalue weighted by molar-refractivity contribution is 8.11. The molecule has 4 aromatic carbocycles. The molecule has 0 radical (unpaired) electrons. The number of hydrogen-bond donors (Lipinski definition) is 6. The molecule has 3 aliphatic rings. The van der Waals surface area contributed by atoms with E-state index in [1.807, 2.05) is 64.5 Å². The smallest absolute Gasteiger partial charge is 0.294 e. The Morgan fingerprint density at radius 1 is 0.582 bits per heavy atom. The van der Waals surface area contributed by atoms with Crippen molar-refractivity contribution in [2.24, 2.45) is 47.1 Å². The molecule has 0 unspecified atom stereocenters. The van der Waals surface area contributed by atoms with Gasteiger partial charge in [0.2, 0.25) is 10.0 Å². The summed E-state index contributed by atoms with van der Waals surface area (Å²) in [6.45, 7) is 28.4. The maximum atomic E-state index is 11.9. The molecule has 12 N–H and O–H groups in total. The number of nitrogens with zero attached hydrogens (tertiary/aromatic N) is 2. The van der Waals surface area contributed by atoms with Gasteiger partial charge in [0.05, 0.1) is 60.5 Å². The Hall–Kier alpha value is -6.03.